The van der Waals surface area contributed by atoms with E-state index < -0.39 is 22.0 Å². The van der Waals surface area contributed by atoms with Crippen LogP contribution in [0.5, 0.6) is 0 Å². The van der Waals surface area contributed by atoms with Gasteiger partial charge in [-0.3, -0.25) is 0 Å². The Bertz CT molecular complexity index is 647. The molecule has 21 heavy (non-hydrogen) atoms. The number of carboxylic acids is 1. The molecule has 0 aliphatic rings. The van der Waals surface area contributed by atoms with E-state index in [9.17, 15) is 18.0 Å². The average molecular weight is 336 g/mol. The van der Waals surface area contributed by atoms with Crippen LogP contribution < -0.4 is 15.4 Å². The zero-order valence-electron chi connectivity index (χ0n) is 11.0. The third-order valence-corrected chi connectivity index (χ3v) is 3.20. The van der Waals surface area contributed by atoms with Gasteiger partial charge in [0.1, 0.15) is 0 Å². The molecule has 0 bridgehead atoms. The molecule has 8 nitrogen and oxygen atoms in total. The van der Waals surface area contributed by atoms with Gasteiger partial charge in [-0.1, -0.05) is 11.6 Å². The number of sulfonamides is 1. The van der Waals surface area contributed by atoms with Crippen LogP contribution in [-0.2, 0) is 10.0 Å². The zero-order chi connectivity index (χ0) is 16.0. The number of carbonyl (C=O) groups is 2. The monoisotopic (exact) mass is 335 g/mol. The SMILES string of the molecule is CS(=O)(=O)NCCNC(=O)Nc1ccc(Cl)cc1C(=O)O. The van der Waals surface area contributed by atoms with E-state index in [0.29, 0.717) is 0 Å². The highest BCUT2D eigenvalue weighted by Crippen LogP contribution is 2.20. The Morgan fingerprint density at radius 3 is 2.52 bits per heavy atom. The molecule has 1 aromatic carbocycles. The van der Waals surface area contributed by atoms with E-state index in [1.54, 1.807) is 0 Å². The molecule has 0 atom stereocenters. The Morgan fingerprint density at radius 1 is 1.29 bits per heavy atom. The number of rotatable bonds is 6. The van der Waals surface area contributed by atoms with E-state index >= 15 is 0 Å². The summed E-state index contributed by atoms with van der Waals surface area (Å²) in [4.78, 5) is 22.6. The van der Waals surface area contributed by atoms with E-state index in [1.165, 1.54) is 18.2 Å². The minimum absolute atomic E-state index is 0.0264. The number of amides is 2. The number of nitrogens with one attached hydrogen (secondary N) is 3. The second kappa shape index (κ2) is 7.25. The lowest BCUT2D eigenvalue weighted by Gasteiger charge is -2.10. The molecule has 116 valence electrons. The van der Waals surface area contributed by atoms with Gasteiger partial charge in [0.05, 0.1) is 17.5 Å². The molecule has 0 aromatic heterocycles. The largest absolute Gasteiger partial charge is 0.478 e. The van der Waals surface area contributed by atoms with Crippen LogP contribution >= 0.6 is 11.6 Å². The van der Waals surface area contributed by atoms with Gasteiger partial charge < -0.3 is 15.7 Å². The fourth-order valence-electron chi connectivity index (χ4n) is 1.38. The van der Waals surface area contributed by atoms with E-state index in [1.807, 2.05) is 0 Å². The molecule has 0 aliphatic carbocycles. The molecule has 0 unspecified atom stereocenters. The Balaban J connectivity index is 2.57. The summed E-state index contributed by atoms with van der Waals surface area (Å²) in [6.45, 7) is 0.0769. The molecule has 2 amide bonds. The number of benzene rings is 1. The van der Waals surface area contributed by atoms with Crippen molar-refractivity contribution in [2.75, 3.05) is 24.7 Å². The standard InChI is InChI=1S/C11H14ClN3O5S/c1-21(19,20)14-5-4-13-11(18)15-9-3-2-7(12)6-8(9)10(16)17/h2-3,6,14H,4-5H2,1H3,(H,16,17)(H2,13,15,18). The fourth-order valence-corrected chi connectivity index (χ4v) is 2.03. The first kappa shape index (κ1) is 17.2. The number of hydrogen-bond acceptors (Lipinski definition) is 4. The van der Waals surface area contributed by atoms with E-state index in [0.717, 1.165) is 6.26 Å². The Hall–Kier alpha value is -1.84. The number of aromatic carboxylic acids is 1. The van der Waals surface area contributed by atoms with Crippen molar-refractivity contribution in [3.63, 3.8) is 0 Å². The summed E-state index contributed by atoms with van der Waals surface area (Å²) >= 11 is 5.69. The quantitative estimate of drug-likeness (QED) is 0.570. The predicted molar refractivity (Wildman–Crippen MR) is 78.3 cm³/mol. The van der Waals surface area contributed by atoms with Gasteiger partial charge in [-0.25, -0.2) is 22.7 Å². The summed E-state index contributed by atoms with van der Waals surface area (Å²) < 4.78 is 23.8. The van der Waals surface area contributed by atoms with Crippen molar-refractivity contribution in [3.05, 3.63) is 28.8 Å². The summed E-state index contributed by atoms with van der Waals surface area (Å²) in [5.74, 6) is -1.23. The minimum Gasteiger partial charge on any atom is -0.478 e. The first-order valence-electron chi connectivity index (χ1n) is 5.71. The maximum Gasteiger partial charge on any atom is 0.337 e. The fraction of sp³-hybridized carbons (Fsp3) is 0.273. The summed E-state index contributed by atoms with van der Waals surface area (Å²) in [5.41, 5.74) is -0.0626. The minimum atomic E-state index is -3.32. The van der Waals surface area contributed by atoms with Crippen LogP contribution in [0.3, 0.4) is 0 Å². The normalized spacial score (nSPS) is 11.0. The second-order valence-electron chi connectivity index (χ2n) is 4.04. The molecular weight excluding hydrogens is 322 g/mol. The second-order valence-corrected chi connectivity index (χ2v) is 6.31. The van der Waals surface area contributed by atoms with Crippen LogP contribution in [0, 0.1) is 0 Å². The van der Waals surface area contributed by atoms with Gasteiger partial charge in [-0.05, 0) is 18.2 Å². The van der Waals surface area contributed by atoms with Crippen molar-refractivity contribution in [2.45, 2.75) is 0 Å². The van der Waals surface area contributed by atoms with Gasteiger partial charge in [0.15, 0.2) is 0 Å². The third-order valence-electron chi connectivity index (χ3n) is 2.24. The van der Waals surface area contributed by atoms with Crippen molar-refractivity contribution in [1.29, 1.82) is 0 Å². The van der Waals surface area contributed by atoms with Gasteiger partial charge >= 0.3 is 12.0 Å². The molecular formula is C11H14ClN3O5S. The molecule has 1 rings (SSSR count). The van der Waals surface area contributed by atoms with E-state index in [2.05, 4.69) is 15.4 Å². The first-order valence-corrected chi connectivity index (χ1v) is 7.98. The molecule has 0 saturated heterocycles. The smallest absolute Gasteiger partial charge is 0.337 e. The number of urea groups is 1. The number of hydrogen-bond donors (Lipinski definition) is 4. The summed E-state index contributed by atoms with van der Waals surface area (Å²) in [5, 5.41) is 14.0. The molecule has 0 fully saturated rings. The van der Waals surface area contributed by atoms with Crippen molar-refractivity contribution >= 4 is 39.3 Å². The summed E-state index contributed by atoms with van der Waals surface area (Å²) in [6.07, 6.45) is 1.000. The maximum atomic E-state index is 11.6. The highest BCUT2D eigenvalue weighted by Gasteiger charge is 2.13. The predicted octanol–water partition coefficient (Wildman–Crippen LogP) is 0.709. The lowest BCUT2D eigenvalue weighted by molar-refractivity contribution is 0.0698. The Kier molecular flexibility index (Phi) is 5.94. The summed E-state index contributed by atoms with van der Waals surface area (Å²) in [7, 11) is -3.32. The van der Waals surface area contributed by atoms with Crippen LogP contribution in [0.25, 0.3) is 0 Å². The highest BCUT2D eigenvalue weighted by molar-refractivity contribution is 7.88. The molecule has 0 aliphatic heterocycles. The van der Waals surface area contributed by atoms with Gasteiger partial charge in [0.2, 0.25) is 10.0 Å². The van der Waals surface area contributed by atoms with Crippen molar-refractivity contribution < 1.29 is 23.1 Å². The van der Waals surface area contributed by atoms with Gasteiger partial charge in [0, 0.05) is 18.1 Å². The van der Waals surface area contributed by atoms with Gasteiger partial charge in [0.25, 0.3) is 0 Å². The third kappa shape index (κ3) is 6.43. The number of anilines is 1. The van der Waals surface area contributed by atoms with Crippen molar-refractivity contribution in [1.82, 2.24) is 10.0 Å². The molecule has 1 aromatic rings. The average Bonchev–Trinajstić information content (AvgIpc) is 2.35. The molecule has 0 heterocycles. The zero-order valence-corrected chi connectivity index (χ0v) is 12.6. The number of halogens is 1. The number of carbonyl (C=O) groups excluding carboxylic acids is 1. The topological polar surface area (TPSA) is 125 Å². The van der Waals surface area contributed by atoms with Crippen molar-refractivity contribution in [3.8, 4) is 0 Å². The summed E-state index contributed by atoms with van der Waals surface area (Å²) in [6, 6.07) is 3.36. The lowest BCUT2D eigenvalue weighted by atomic mass is 10.2. The van der Waals surface area contributed by atoms with Crippen molar-refractivity contribution in [2.24, 2.45) is 0 Å². The molecule has 4 N–H and O–H groups in total. The van der Waals surface area contributed by atoms with Crippen LogP contribution in [0.1, 0.15) is 10.4 Å². The van der Waals surface area contributed by atoms with Gasteiger partial charge in [-0.2, -0.15) is 0 Å². The molecule has 10 heteroatoms. The Labute approximate surface area is 126 Å². The highest BCUT2D eigenvalue weighted by atomic mass is 35.5. The molecule has 0 saturated carbocycles. The first-order chi connectivity index (χ1) is 9.69. The molecule has 0 radical (unpaired) electrons. The lowest BCUT2D eigenvalue weighted by Crippen LogP contribution is -2.36. The molecule has 0 spiro atoms. The van der Waals surface area contributed by atoms with Gasteiger partial charge in [-0.15, -0.1) is 0 Å². The van der Waals surface area contributed by atoms with Crippen LogP contribution in [0.15, 0.2) is 18.2 Å². The van der Waals surface area contributed by atoms with Crippen LogP contribution in [0.2, 0.25) is 5.02 Å². The number of carboxylic acid groups (broad SMARTS) is 1. The Morgan fingerprint density at radius 2 is 1.95 bits per heavy atom. The maximum absolute atomic E-state index is 11.6. The van der Waals surface area contributed by atoms with E-state index in [4.69, 9.17) is 16.7 Å². The van der Waals surface area contributed by atoms with E-state index in [-0.39, 0.29) is 29.4 Å². The van der Waals surface area contributed by atoms with Crippen LogP contribution in [-0.4, -0.2) is 44.9 Å². The van der Waals surface area contributed by atoms with Crippen LogP contribution in [0.4, 0.5) is 10.5 Å².